The number of alkyl halides is 3. The molecule has 0 aromatic heterocycles. The smallest absolute Gasteiger partial charge is 0.475 e. The summed E-state index contributed by atoms with van der Waals surface area (Å²) in [7, 11) is 2.03. The van der Waals surface area contributed by atoms with E-state index in [4.69, 9.17) is 14.6 Å². The number of aliphatic carboxylic acids is 1. The molecule has 11 heteroatoms. The fraction of sp³-hybridized carbons (Fsp3) is 0.786. The summed E-state index contributed by atoms with van der Waals surface area (Å²) in [5, 5.41) is 9.81. The topological polar surface area (TPSA) is 95.9 Å². The van der Waals surface area contributed by atoms with Gasteiger partial charge in [0.1, 0.15) is 6.04 Å². The number of rotatable bonds is 4. The van der Waals surface area contributed by atoms with Crippen molar-refractivity contribution in [3.05, 3.63) is 0 Å². The summed E-state index contributed by atoms with van der Waals surface area (Å²) in [6, 6.07) is -0.674. The number of ether oxygens (including phenoxy) is 1. The molecule has 0 bridgehead atoms. The molecule has 0 aromatic carbocycles. The van der Waals surface area contributed by atoms with E-state index in [0.717, 1.165) is 25.9 Å². The van der Waals surface area contributed by atoms with Crippen LogP contribution in [0.5, 0.6) is 0 Å². The molecule has 1 amide bonds. The van der Waals surface area contributed by atoms with Crippen LogP contribution < -0.4 is 5.32 Å². The Morgan fingerprint density at radius 3 is 2.08 bits per heavy atom. The van der Waals surface area contributed by atoms with E-state index < -0.39 is 28.9 Å². The minimum Gasteiger partial charge on any atom is -0.475 e. The van der Waals surface area contributed by atoms with E-state index in [1.54, 1.807) is 6.92 Å². The van der Waals surface area contributed by atoms with Crippen LogP contribution in [0.1, 0.15) is 26.7 Å². The summed E-state index contributed by atoms with van der Waals surface area (Å²) < 4.78 is 36.2. The normalized spacial score (nSPS) is 18.4. The third-order valence-corrected chi connectivity index (χ3v) is 4.21. The molecule has 146 valence electrons. The number of carboxylic acid groups (broad SMARTS) is 1. The second-order valence-corrected chi connectivity index (χ2v) is 6.49. The Kier molecular flexibility index (Phi) is 9.27. The highest BCUT2D eigenvalue weighted by molar-refractivity contribution is 7.82. The molecule has 1 fully saturated rings. The van der Waals surface area contributed by atoms with Crippen molar-refractivity contribution in [2.45, 2.75) is 43.7 Å². The number of amides is 1. The highest BCUT2D eigenvalue weighted by atomic mass is 32.1. The average Bonchev–Trinajstić information content (AvgIpc) is 2.47. The molecule has 2 N–H and O–H groups in total. The van der Waals surface area contributed by atoms with Gasteiger partial charge in [-0.25, -0.2) is 9.59 Å². The highest BCUT2D eigenvalue weighted by Crippen LogP contribution is 2.32. The molecular formula is C14H23F3N2O5S. The number of carbonyl (C=O) groups is 3. The number of nitrogens with zero attached hydrogens (tertiary/aromatic N) is 1. The van der Waals surface area contributed by atoms with Gasteiger partial charge in [-0.1, -0.05) is 0 Å². The molecule has 1 aliphatic heterocycles. The number of hydrogen-bond donors (Lipinski definition) is 3. The monoisotopic (exact) mass is 388 g/mol. The van der Waals surface area contributed by atoms with Gasteiger partial charge in [0, 0.05) is 11.7 Å². The molecule has 25 heavy (non-hydrogen) atoms. The quantitative estimate of drug-likeness (QED) is 0.493. The molecule has 0 aliphatic carbocycles. The van der Waals surface area contributed by atoms with Crippen molar-refractivity contribution in [3.63, 3.8) is 0 Å². The zero-order chi connectivity index (χ0) is 19.8. The Labute approximate surface area is 149 Å². The van der Waals surface area contributed by atoms with Crippen LogP contribution >= 0.6 is 12.6 Å². The van der Waals surface area contributed by atoms with Gasteiger partial charge in [-0.05, 0) is 39.9 Å². The lowest BCUT2D eigenvalue weighted by atomic mass is 9.88. The molecule has 1 atom stereocenters. The highest BCUT2D eigenvalue weighted by Gasteiger charge is 2.43. The molecule has 0 aromatic rings. The fourth-order valence-electron chi connectivity index (χ4n) is 2.14. The van der Waals surface area contributed by atoms with Crippen LogP contribution in [0.15, 0.2) is 0 Å². The van der Waals surface area contributed by atoms with E-state index in [1.165, 1.54) is 6.92 Å². The zero-order valence-electron chi connectivity index (χ0n) is 14.2. The summed E-state index contributed by atoms with van der Waals surface area (Å²) in [4.78, 5) is 34.3. The first-order chi connectivity index (χ1) is 11.3. The van der Waals surface area contributed by atoms with Gasteiger partial charge >= 0.3 is 18.1 Å². The molecule has 1 heterocycles. The fourth-order valence-corrected chi connectivity index (χ4v) is 2.51. The summed E-state index contributed by atoms with van der Waals surface area (Å²) in [6.07, 6.45) is -3.59. The Hall–Kier alpha value is -1.49. The molecule has 1 unspecified atom stereocenters. The molecule has 7 nitrogen and oxygen atoms in total. The van der Waals surface area contributed by atoms with Gasteiger partial charge < -0.3 is 20.1 Å². The maximum atomic E-state index is 12.0. The van der Waals surface area contributed by atoms with E-state index in [0.29, 0.717) is 6.61 Å². The van der Waals surface area contributed by atoms with Crippen molar-refractivity contribution in [2.24, 2.45) is 0 Å². The molecule has 1 saturated heterocycles. The summed E-state index contributed by atoms with van der Waals surface area (Å²) >= 11 is 4.65. The Balaban J connectivity index is 0.000000697. The van der Waals surface area contributed by atoms with Crippen molar-refractivity contribution in [1.29, 1.82) is 0 Å². The molecule has 0 radical (unpaired) electrons. The Bertz CT molecular complexity index is 480. The first-order valence-electron chi connectivity index (χ1n) is 7.48. The van der Waals surface area contributed by atoms with Crippen LogP contribution in [0.2, 0.25) is 0 Å². The molecule has 1 rings (SSSR count). The predicted molar refractivity (Wildman–Crippen MR) is 86.4 cm³/mol. The lowest BCUT2D eigenvalue weighted by molar-refractivity contribution is -0.192. The van der Waals surface area contributed by atoms with Gasteiger partial charge in [0.05, 0.1) is 6.61 Å². The molecule has 1 aliphatic rings. The maximum absolute atomic E-state index is 12.0. The van der Waals surface area contributed by atoms with Gasteiger partial charge in [-0.3, -0.25) is 4.79 Å². The Morgan fingerprint density at radius 1 is 1.32 bits per heavy atom. The maximum Gasteiger partial charge on any atom is 0.490 e. The van der Waals surface area contributed by atoms with E-state index in [9.17, 15) is 22.8 Å². The molecular weight excluding hydrogens is 365 g/mol. The third kappa shape index (κ3) is 8.43. The summed E-state index contributed by atoms with van der Waals surface area (Å²) in [5.74, 6) is -3.39. The summed E-state index contributed by atoms with van der Waals surface area (Å²) in [6.45, 7) is 5.18. The van der Waals surface area contributed by atoms with Gasteiger partial charge in [0.25, 0.3) is 0 Å². The molecule has 0 spiro atoms. The number of likely N-dealkylation sites (tertiary alicyclic amines) is 1. The third-order valence-electron chi connectivity index (χ3n) is 3.50. The van der Waals surface area contributed by atoms with E-state index in [2.05, 4.69) is 22.8 Å². The second kappa shape index (κ2) is 9.85. The van der Waals surface area contributed by atoms with Crippen molar-refractivity contribution in [3.8, 4) is 0 Å². The van der Waals surface area contributed by atoms with Crippen LogP contribution in [0, 0.1) is 0 Å². The first-order valence-corrected chi connectivity index (χ1v) is 7.93. The largest absolute Gasteiger partial charge is 0.490 e. The van der Waals surface area contributed by atoms with Crippen LogP contribution in [0.3, 0.4) is 0 Å². The lowest BCUT2D eigenvalue weighted by Crippen LogP contribution is -2.58. The van der Waals surface area contributed by atoms with Crippen molar-refractivity contribution in [2.75, 3.05) is 26.7 Å². The number of carboxylic acids is 1. The van der Waals surface area contributed by atoms with E-state index in [1.807, 2.05) is 7.05 Å². The minimum absolute atomic E-state index is 0.236. The van der Waals surface area contributed by atoms with Crippen molar-refractivity contribution >= 4 is 30.5 Å². The number of thiol groups is 1. The number of carbonyl (C=O) groups excluding carboxylic acids is 2. The van der Waals surface area contributed by atoms with Gasteiger partial charge in [-0.2, -0.15) is 25.8 Å². The SMILES string of the molecule is CCOC(=O)C(NC(C)=O)C1(S)CCN(C)CC1.O=C(O)C(F)(F)F. The summed E-state index contributed by atoms with van der Waals surface area (Å²) in [5.41, 5.74) is 0. The molecule has 0 saturated carbocycles. The van der Waals surface area contributed by atoms with Gasteiger partial charge in [-0.15, -0.1) is 0 Å². The number of nitrogens with one attached hydrogen (secondary N) is 1. The van der Waals surface area contributed by atoms with E-state index in [-0.39, 0.29) is 5.91 Å². The van der Waals surface area contributed by atoms with Crippen LogP contribution in [-0.2, 0) is 19.1 Å². The van der Waals surface area contributed by atoms with E-state index >= 15 is 0 Å². The zero-order valence-corrected chi connectivity index (χ0v) is 15.1. The second-order valence-electron chi connectivity index (χ2n) is 5.60. The number of hydrogen-bond acceptors (Lipinski definition) is 6. The van der Waals surface area contributed by atoms with Crippen LogP contribution in [0.25, 0.3) is 0 Å². The minimum atomic E-state index is -5.08. The Morgan fingerprint density at radius 2 is 1.76 bits per heavy atom. The van der Waals surface area contributed by atoms with Crippen LogP contribution in [-0.4, -0.2) is 71.6 Å². The lowest BCUT2D eigenvalue weighted by Gasteiger charge is -2.41. The van der Waals surface area contributed by atoms with Gasteiger partial charge in [0.15, 0.2) is 0 Å². The van der Waals surface area contributed by atoms with Crippen molar-refractivity contribution < 1.29 is 37.4 Å². The predicted octanol–water partition coefficient (Wildman–Crippen LogP) is 1.08. The number of esters is 1. The standard InChI is InChI=1S/C12H22N2O3S.C2HF3O2/c1-4-17-11(16)10(13-9(2)15)12(18)5-7-14(3)8-6-12;3-2(4,5)1(6)7/h10,18H,4-8H2,1-3H3,(H,13,15);(H,6,7). The van der Waals surface area contributed by atoms with Crippen LogP contribution in [0.4, 0.5) is 13.2 Å². The number of piperidine rings is 1. The van der Waals surface area contributed by atoms with Gasteiger partial charge in [0.2, 0.25) is 5.91 Å². The average molecular weight is 388 g/mol. The number of halogens is 3. The van der Waals surface area contributed by atoms with Crippen molar-refractivity contribution in [1.82, 2.24) is 10.2 Å². The first kappa shape index (κ1) is 23.5.